The monoisotopic (exact) mass is 482 g/mol. The molecule has 1 aliphatic rings. The molecule has 36 heavy (non-hydrogen) atoms. The number of phenolic OH excluding ortho intramolecular Hbond substituents is 1. The molecular weight excluding hydrogens is 464 g/mol. The van der Waals surface area contributed by atoms with Crippen molar-refractivity contribution in [2.24, 2.45) is 0 Å². The number of fused-ring (bicyclic) bond motifs is 4. The number of esters is 1. The number of carbonyl (C=O) groups is 1. The number of benzene rings is 3. The molecule has 0 radical (unpaired) electrons. The van der Waals surface area contributed by atoms with Crippen LogP contribution in [0.25, 0.3) is 33.1 Å². The molecule has 0 fully saturated rings. The fourth-order valence-electron chi connectivity index (χ4n) is 4.78. The van der Waals surface area contributed by atoms with E-state index in [-0.39, 0.29) is 39.7 Å². The van der Waals surface area contributed by atoms with Gasteiger partial charge >= 0.3 is 5.97 Å². The van der Waals surface area contributed by atoms with E-state index in [9.17, 15) is 19.5 Å². The second-order valence-electron chi connectivity index (χ2n) is 8.44. The highest BCUT2D eigenvalue weighted by Gasteiger charge is 2.35. The summed E-state index contributed by atoms with van der Waals surface area (Å²) in [7, 11) is 1.49. The maximum Gasteiger partial charge on any atom is 0.312 e. The number of carbonyl (C=O) groups excluding carboxylic acids is 1. The van der Waals surface area contributed by atoms with Gasteiger partial charge in [0.05, 0.1) is 30.7 Å². The molecule has 1 aliphatic heterocycles. The van der Waals surface area contributed by atoms with Gasteiger partial charge in [0.25, 0.3) is 0 Å². The third-order valence-electron chi connectivity index (χ3n) is 6.45. The van der Waals surface area contributed by atoms with Crippen LogP contribution in [0.5, 0.6) is 17.2 Å². The summed E-state index contributed by atoms with van der Waals surface area (Å²) < 4.78 is 22.4. The lowest BCUT2D eigenvalue weighted by molar-refractivity contribution is -0.135. The summed E-state index contributed by atoms with van der Waals surface area (Å²) in [5.41, 5.74) is 0.838. The van der Waals surface area contributed by atoms with Crippen LogP contribution in [0.3, 0.4) is 0 Å². The van der Waals surface area contributed by atoms with Crippen molar-refractivity contribution in [2.75, 3.05) is 7.11 Å². The van der Waals surface area contributed by atoms with Crippen LogP contribution in [0.4, 0.5) is 0 Å². The Balaban J connectivity index is 1.64. The Kier molecular flexibility index (Phi) is 4.89. The molecule has 8 nitrogen and oxygen atoms in total. The molecule has 1 N–H and O–H groups in total. The van der Waals surface area contributed by atoms with Gasteiger partial charge in [0.1, 0.15) is 40.1 Å². The van der Waals surface area contributed by atoms with Gasteiger partial charge in [-0.3, -0.25) is 14.4 Å². The van der Waals surface area contributed by atoms with Gasteiger partial charge in [0.2, 0.25) is 5.43 Å². The van der Waals surface area contributed by atoms with E-state index in [1.165, 1.54) is 25.7 Å². The molecule has 0 saturated heterocycles. The van der Waals surface area contributed by atoms with Gasteiger partial charge < -0.3 is 23.4 Å². The molecule has 6 rings (SSSR count). The second-order valence-corrected chi connectivity index (χ2v) is 8.44. The summed E-state index contributed by atoms with van der Waals surface area (Å²) in [4.78, 5) is 39.4. The van der Waals surface area contributed by atoms with E-state index in [0.717, 1.165) is 0 Å². The molecule has 0 unspecified atom stereocenters. The lowest BCUT2D eigenvalue weighted by Gasteiger charge is -2.25. The smallest absolute Gasteiger partial charge is 0.312 e. The van der Waals surface area contributed by atoms with Crippen LogP contribution in [0.1, 0.15) is 23.5 Å². The molecule has 0 aliphatic carbocycles. The number of phenols is 1. The predicted molar refractivity (Wildman–Crippen MR) is 131 cm³/mol. The van der Waals surface area contributed by atoms with Crippen molar-refractivity contribution < 1.29 is 28.2 Å². The molecule has 0 amide bonds. The van der Waals surface area contributed by atoms with Gasteiger partial charge in [0.15, 0.2) is 5.43 Å². The van der Waals surface area contributed by atoms with E-state index in [2.05, 4.69) is 0 Å². The fourth-order valence-corrected chi connectivity index (χ4v) is 4.78. The average molecular weight is 482 g/mol. The van der Waals surface area contributed by atoms with Crippen LogP contribution in [-0.4, -0.2) is 18.2 Å². The van der Waals surface area contributed by atoms with Crippen molar-refractivity contribution in [2.45, 2.75) is 12.3 Å². The minimum atomic E-state index is -0.814. The summed E-state index contributed by atoms with van der Waals surface area (Å²) in [5.74, 6) is -1.34. The first kappa shape index (κ1) is 21.7. The summed E-state index contributed by atoms with van der Waals surface area (Å²) in [6.45, 7) is 0. The summed E-state index contributed by atoms with van der Waals surface area (Å²) in [6.07, 6.45) is 2.42. The van der Waals surface area contributed by atoms with Crippen molar-refractivity contribution in [3.63, 3.8) is 0 Å². The van der Waals surface area contributed by atoms with Gasteiger partial charge in [-0.1, -0.05) is 30.3 Å². The van der Waals surface area contributed by atoms with Crippen LogP contribution in [0, 0.1) is 0 Å². The minimum Gasteiger partial charge on any atom is -0.507 e. The van der Waals surface area contributed by atoms with Gasteiger partial charge in [-0.25, -0.2) is 0 Å². The third kappa shape index (κ3) is 3.19. The number of para-hydroxylation sites is 2. The van der Waals surface area contributed by atoms with Gasteiger partial charge in [-0.05, 0) is 18.2 Å². The maximum absolute atomic E-state index is 13.6. The Morgan fingerprint density at radius 2 is 1.69 bits per heavy atom. The molecule has 0 saturated carbocycles. The maximum atomic E-state index is 13.6. The number of aromatic hydroxyl groups is 1. The van der Waals surface area contributed by atoms with Crippen molar-refractivity contribution in [3.8, 4) is 28.4 Å². The Hall–Kier alpha value is -4.85. The molecule has 3 heterocycles. The normalized spacial score (nSPS) is 15.0. The first-order valence-electron chi connectivity index (χ1n) is 11.1. The van der Waals surface area contributed by atoms with Gasteiger partial charge in [-0.15, -0.1) is 0 Å². The van der Waals surface area contributed by atoms with Crippen LogP contribution in [0.2, 0.25) is 0 Å². The number of methoxy groups -OCH3 is 1. The van der Waals surface area contributed by atoms with Crippen molar-refractivity contribution >= 4 is 27.9 Å². The Morgan fingerprint density at radius 1 is 0.917 bits per heavy atom. The quantitative estimate of drug-likeness (QED) is 0.290. The van der Waals surface area contributed by atoms with Crippen LogP contribution in [0.15, 0.2) is 85.5 Å². The predicted octanol–water partition coefficient (Wildman–Crippen LogP) is 4.72. The van der Waals surface area contributed by atoms with E-state index in [0.29, 0.717) is 27.8 Å². The number of hydrogen-bond acceptors (Lipinski definition) is 8. The van der Waals surface area contributed by atoms with Gasteiger partial charge in [-0.2, -0.15) is 0 Å². The van der Waals surface area contributed by atoms with Crippen molar-refractivity contribution in [1.29, 1.82) is 0 Å². The second kappa shape index (κ2) is 8.13. The van der Waals surface area contributed by atoms with Crippen LogP contribution < -0.4 is 20.3 Å². The lowest BCUT2D eigenvalue weighted by Crippen LogP contribution is -2.25. The Bertz CT molecular complexity index is 1810. The zero-order chi connectivity index (χ0) is 25.0. The largest absolute Gasteiger partial charge is 0.507 e. The highest BCUT2D eigenvalue weighted by atomic mass is 16.5. The first-order valence-corrected chi connectivity index (χ1v) is 11.1. The molecule has 2 aromatic heterocycles. The molecular formula is C28H18O8. The third-order valence-corrected chi connectivity index (χ3v) is 6.45. The van der Waals surface area contributed by atoms with Crippen molar-refractivity contribution in [1.82, 2.24) is 0 Å². The van der Waals surface area contributed by atoms with E-state index in [4.69, 9.17) is 18.3 Å². The zero-order valence-electron chi connectivity index (χ0n) is 18.9. The number of hydrogen-bond donors (Lipinski definition) is 1. The van der Waals surface area contributed by atoms with E-state index < -0.39 is 23.1 Å². The molecule has 8 heteroatoms. The molecule has 0 spiro atoms. The van der Waals surface area contributed by atoms with Gasteiger partial charge in [0, 0.05) is 28.7 Å². The summed E-state index contributed by atoms with van der Waals surface area (Å²) in [6, 6.07) is 14.9. The topological polar surface area (TPSA) is 116 Å². The molecule has 3 aromatic carbocycles. The lowest BCUT2D eigenvalue weighted by atomic mass is 9.85. The standard InChI is InChI=1S/C28H18O8/c1-33-20-8-4-2-6-14(20)17-13-35-28-24-16(18-12-34-21-9-5-3-7-15(21)26(18)31)10-23(30)36-22(24)11-19(29)25(28)27(17)32/h2-9,11-13,16,29H,10H2,1H3/t16-/m1/s1. The first-order chi connectivity index (χ1) is 17.5. The summed E-state index contributed by atoms with van der Waals surface area (Å²) >= 11 is 0. The minimum absolute atomic E-state index is 0.0157. The van der Waals surface area contributed by atoms with Crippen LogP contribution >= 0.6 is 0 Å². The Morgan fingerprint density at radius 3 is 2.53 bits per heavy atom. The van der Waals surface area contributed by atoms with E-state index >= 15 is 0 Å². The average Bonchev–Trinajstić information content (AvgIpc) is 2.88. The van der Waals surface area contributed by atoms with Crippen LogP contribution in [-0.2, 0) is 4.79 Å². The zero-order valence-corrected chi connectivity index (χ0v) is 18.9. The van der Waals surface area contributed by atoms with Crippen molar-refractivity contribution in [3.05, 3.63) is 98.7 Å². The SMILES string of the molecule is COc1ccccc1-c1coc2c3c(cc(O)c2c1=O)OC(=O)C[C@@H]3c1coc2ccccc2c1=O. The molecule has 5 aromatic rings. The highest BCUT2D eigenvalue weighted by Crippen LogP contribution is 2.45. The van der Waals surface area contributed by atoms with E-state index in [1.807, 2.05) is 0 Å². The highest BCUT2D eigenvalue weighted by molar-refractivity contribution is 5.94. The number of ether oxygens (including phenoxy) is 2. The molecule has 0 bridgehead atoms. The Labute approximate surface area is 202 Å². The molecule has 178 valence electrons. The molecule has 1 atom stereocenters. The number of rotatable bonds is 3. The van der Waals surface area contributed by atoms with E-state index in [1.54, 1.807) is 48.5 Å². The fraction of sp³-hybridized carbons (Fsp3) is 0.107. The summed E-state index contributed by atoms with van der Waals surface area (Å²) in [5, 5.41) is 11.0.